The summed E-state index contributed by atoms with van der Waals surface area (Å²) in [5.74, 6) is 0.704. The van der Waals surface area contributed by atoms with Gasteiger partial charge in [0.05, 0.1) is 6.54 Å². The van der Waals surface area contributed by atoms with Crippen molar-refractivity contribution in [2.24, 2.45) is 11.7 Å². The van der Waals surface area contributed by atoms with Gasteiger partial charge in [-0.1, -0.05) is 20.8 Å². The summed E-state index contributed by atoms with van der Waals surface area (Å²) in [7, 11) is 1.55. The van der Waals surface area contributed by atoms with Crippen LogP contribution < -0.4 is 11.1 Å². The lowest BCUT2D eigenvalue weighted by molar-refractivity contribution is -0.119. The van der Waals surface area contributed by atoms with Crippen molar-refractivity contribution < 1.29 is 4.79 Å². The van der Waals surface area contributed by atoms with E-state index in [0.29, 0.717) is 0 Å². The van der Waals surface area contributed by atoms with Gasteiger partial charge in [-0.3, -0.25) is 4.79 Å². The lowest BCUT2D eigenvalue weighted by atomic mass is 10.3. The van der Waals surface area contributed by atoms with Gasteiger partial charge in [0.1, 0.15) is 0 Å². The second-order valence-electron chi connectivity index (χ2n) is 2.61. The normalized spacial score (nSPS) is 8.20. The summed E-state index contributed by atoms with van der Waals surface area (Å²) in [5.41, 5.74) is 4.87. The average Bonchev–Trinajstić information content (AvgIpc) is 1.85. The van der Waals surface area contributed by atoms with Crippen LogP contribution in [0.5, 0.6) is 0 Å². The summed E-state index contributed by atoms with van der Waals surface area (Å²) in [6, 6.07) is 0. The molecular formula is C7H18N2O. The van der Waals surface area contributed by atoms with Crippen molar-refractivity contribution in [3.8, 4) is 0 Å². The Bertz CT molecular complexity index is 72.9. The van der Waals surface area contributed by atoms with Gasteiger partial charge in [-0.25, -0.2) is 0 Å². The van der Waals surface area contributed by atoms with E-state index in [1.54, 1.807) is 7.05 Å². The SMILES string of the molecule is CC(C)C.CNC(=O)CN. The van der Waals surface area contributed by atoms with Crippen LogP contribution in [-0.2, 0) is 4.79 Å². The van der Waals surface area contributed by atoms with E-state index in [0.717, 1.165) is 5.92 Å². The van der Waals surface area contributed by atoms with E-state index in [-0.39, 0.29) is 12.5 Å². The van der Waals surface area contributed by atoms with E-state index in [2.05, 4.69) is 26.1 Å². The molecule has 0 unspecified atom stereocenters. The molecule has 0 aliphatic rings. The highest BCUT2D eigenvalue weighted by Gasteiger charge is 1.84. The van der Waals surface area contributed by atoms with Crippen LogP contribution in [0.4, 0.5) is 0 Å². The number of hydrogen-bond donors (Lipinski definition) is 2. The summed E-state index contributed by atoms with van der Waals surface area (Å²) in [6.07, 6.45) is 0. The van der Waals surface area contributed by atoms with Gasteiger partial charge in [-0.2, -0.15) is 0 Å². The van der Waals surface area contributed by atoms with E-state index < -0.39 is 0 Å². The molecule has 0 radical (unpaired) electrons. The molecule has 0 fully saturated rings. The van der Waals surface area contributed by atoms with E-state index in [4.69, 9.17) is 5.73 Å². The van der Waals surface area contributed by atoms with Crippen LogP contribution in [0.25, 0.3) is 0 Å². The lowest BCUT2D eigenvalue weighted by Crippen LogP contribution is -2.26. The first-order chi connectivity index (χ1) is 4.54. The van der Waals surface area contributed by atoms with Crippen LogP contribution in [0, 0.1) is 5.92 Å². The molecule has 62 valence electrons. The Morgan fingerprint density at radius 2 is 1.80 bits per heavy atom. The highest BCUT2D eigenvalue weighted by atomic mass is 16.1. The molecule has 10 heavy (non-hydrogen) atoms. The summed E-state index contributed by atoms with van der Waals surface area (Å²) in [5, 5.41) is 2.35. The van der Waals surface area contributed by atoms with Crippen LogP contribution in [-0.4, -0.2) is 19.5 Å². The van der Waals surface area contributed by atoms with Gasteiger partial charge in [-0.05, 0) is 5.92 Å². The molecule has 0 aliphatic heterocycles. The van der Waals surface area contributed by atoms with Crippen molar-refractivity contribution in [2.45, 2.75) is 20.8 Å². The molecule has 3 N–H and O–H groups in total. The zero-order valence-corrected chi connectivity index (χ0v) is 7.27. The third kappa shape index (κ3) is 26.1. The second kappa shape index (κ2) is 8.43. The van der Waals surface area contributed by atoms with Crippen molar-refractivity contribution in [2.75, 3.05) is 13.6 Å². The van der Waals surface area contributed by atoms with Gasteiger partial charge in [0.25, 0.3) is 0 Å². The minimum absolute atomic E-state index is 0.0799. The van der Waals surface area contributed by atoms with E-state index in [1.165, 1.54) is 0 Å². The summed E-state index contributed by atoms with van der Waals surface area (Å²) < 4.78 is 0. The molecule has 0 heterocycles. The van der Waals surface area contributed by atoms with Crippen LogP contribution in [0.1, 0.15) is 20.8 Å². The first kappa shape index (κ1) is 12.1. The second-order valence-corrected chi connectivity index (χ2v) is 2.61. The number of hydrogen-bond acceptors (Lipinski definition) is 2. The maximum atomic E-state index is 9.94. The highest BCUT2D eigenvalue weighted by Crippen LogP contribution is 1.81. The molecule has 0 aromatic carbocycles. The quantitative estimate of drug-likeness (QED) is 0.561. The first-order valence-electron chi connectivity index (χ1n) is 3.45. The minimum Gasteiger partial charge on any atom is -0.358 e. The van der Waals surface area contributed by atoms with Crippen molar-refractivity contribution in [3.63, 3.8) is 0 Å². The third-order valence-electron chi connectivity index (χ3n) is 0.464. The fourth-order valence-electron chi connectivity index (χ4n) is 0.102. The van der Waals surface area contributed by atoms with Gasteiger partial charge >= 0.3 is 0 Å². The molecular weight excluding hydrogens is 128 g/mol. The topological polar surface area (TPSA) is 55.1 Å². The molecule has 3 heteroatoms. The highest BCUT2D eigenvalue weighted by molar-refractivity contribution is 5.77. The number of amides is 1. The first-order valence-corrected chi connectivity index (χ1v) is 3.45. The van der Waals surface area contributed by atoms with Crippen molar-refractivity contribution in [3.05, 3.63) is 0 Å². The number of likely N-dealkylation sites (N-methyl/N-ethyl adjacent to an activating group) is 1. The number of rotatable bonds is 1. The predicted molar refractivity (Wildman–Crippen MR) is 43.6 cm³/mol. The van der Waals surface area contributed by atoms with Gasteiger partial charge in [0.2, 0.25) is 5.91 Å². The third-order valence-corrected chi connectivity index (χ3v) is 0.464. The van der Waals surface area contributed by atoms with Crippen molar-refractivity contribution in [1.29, 1.82) is 0 Å². The Hall–Kier alpha value is -0.570. The average molecular weight is 146 g/mol. The monoisotopic (exact) mass is 146 g/mol. The van der Waals surface area contributed by atoms with Crippen molar-refractivity contribution >= 4 is 5.91 Å². The van der Waals surface area contributed by atoms with Crippen LogP contribution >= 0.6 is 0 Å². The van der Waals surface area contributed by atoms with Crippen LogP contribution in [0.2, 0.25) is 0 Å². The number of carbonyl (C=O) groups excluding carboxylic acids is 1. The molecule has 0 spiro atoms. The number of nitrogens with two attached hydrogens (primary N) is 1. The summed E-state index contributed by atoms with van der Waals surface area (Å²) in [4.78, 5) is 9.94. The maximum absolute atomic E-state index is 9.94. The molecule has 0 rings (SSSR count). The molecule has 0 saturated carbocycles. The molecule has 0 aliphatic carbocycles. The van der Waals surface area contributed by atoms with E-state index in [9.17, 15) is 4.79 Å². The molecule has 0 aromatic heterocycles. The number of carbonyl (C=O) groups is 1. The fraction of sp³-hybridized carbons (Fsp3) is 0.857. The summed E-state index contributed by atoms with van der Waals surface area (Å²) in [6.45, 7) is 6.58. The number of nitrogens with one attached hydrogen (secondary N) is 1. The van der Waals surface area contributed by atoms with Crippen molar-refractivity contribution in [1.82, 2.24) is 5.32 Å². The Morgan fingerprint density at radius 3 is 1.80 bits per heavy atom. The van der Waals surface area contributed by atoms with E-state index in [1.807, 2.05) is 0 Å². The minimum atomic E-state index is -0.130. The largest absolute Gasteiger partial charge is 0.358 e. The fourth-order valence-corrected chi connectivity index (χ4v) is 0.102. The standard InChI is InChI=1S/C4H10.C3H8N2O/c1-4(2)3;1-5-3(6)2-4/h4H,1-3H3;2,4H2,1H3,(H,5,6). The zero-order valence-electron chi connectivity index (χ0n) is 7.27. The van der Waals surface area contributed by atoms with Gasteiger partial charge in [-0.15, -0.1) is 0 Å². The molecule has 0 bridgehead atoms. The smallest absolute Gasteiger partial charge is 0.233 e. The molecule has 1 amide bonds. The molecule has 3 nitrogen and oxygen atoms in total. The van der Waals surface area contributed by atoms with Gasteiger partial charge < -0.3 is 11.1 Å². The van der Waals surface area contributed by atoms with Crippen LogP contribution in [0.15, 0.2) is 0 Å². The Labute approximate surface area is 63.0 Å². The molecule has 0 saturated heterocycles. The Kier molecular flexibility index (Phi) is 10.2. The lowest BCUT2D eigenvalue weighted by Gasteiger charge is -1.87. The van der Waals surface area contributed by atoms with Gasteiger partial charge in [0, 0.05) is 7.05 Å². The van der Waals surface area contributed by atoms with Gasteiger partial charge in [0.15, 0.2) is 0 Å². The Balaban J connectivity index is 0. The molecule has 0 atom stereocenters. The zero-order chi connectivity index (χ0) is 8.57. The molecule has 0 aromatic rings. The summed E-state index contributed by atoms with van der Waals surface area (Å²) >= 11 is 0. The Morgan fingerprint density at radius 1 is 1.50 bits per heavy atom. The maximum Gasteiger partial charge on any atom is 0.233 e. The van der Waals surface area contributed by atoms with E-state index >= 15 is 0 Å². The van der Waals surface area contributed by atoms with Crippen LogP contribution in [0.3, 0.4) is 0 Å². The predicted octanol–water partition coefficient (Wildman–Crippen LogP) is 0.353.